The summed E-state index contributed by atoms with van der Waals surface area (Å²) < 4.78 is 4.91. The highest BCUT2D eigenvalue weighted by Crippen LogP contribution is 2.25. The van der Waals surface area contributed by atoms with Gasteiger partial charge in [-0.15, -0.1) is 0 Å². The van der Waals surface area contributed by atoms with Crippen molar-refractivity contribution in [2.75, 3.05) is 13.7 Å². The number of nitrogens with zero attached hydrogens (tertiary/aromatic N) is 1. The summed E-state index contributed by atoms with van der Waals surface area (Å²) in [6.45, 7) is 2.78. The van der Waals surface area contributed by atoms with E-state index in [1.54, 1.807) is 6.07 Å². The van der Waals surface area contributed by atoms with E-state index >= 15 is 0 Å². The summed E-state index contributed by atoms with van der Waals surface area (Å²) in [6.07, 6.45) is 4.81. The quantitative estimate of drug-likeness (QED) is 0.533. The standard InChI is InChI=1S/C24H29N3O2/c1-3-4-9-23-26-21(14-15-25)22(27-23)16-17-10-12-18(13-11-17)19-7-5-6-8-20(19)24(28)29-2/h5-8,10-13H,3-4,9,14-16,25H2,1-2H3,(H,26,27). The van der Waals surface area contributed by atoms with E-state index in [4.69, 9.17) is 15.5 Å². The molecule has 0 spiro atoms. The highest BCUT2D eigenvalue weighted by Gasteiger charge is 2.13. The molecule has 0 aliphatic carbocycles. The minimum absolute atomic E-state index is 0.326. The number of nitrogens with one attached hydrogen (secondary N) is 1. The van der Waals surface area contributed by atoms with E-state index in [9.17, 15) is 4.79 Å². The second-order valence-electron chi connectivity index (χ2n) is 7.16. The topological polar surface area (TPSA) is 81.0 Å². The molecule has 5 heteroatoms. The first-order valence-electron chi connectivity index (χ1n) is 10.2. The highest BCUT2D eigenvalue weighted by atomic mass is 16.5. The summed E-state index contributed by atoms with van der Waals surface area (Å²) >= 11 is 0. The molecule has 0 fully saturated rings. The van der Waals surface area contributed by atoms with Gasteiger partial charge in [-0.05, 0) is 35.7 Å². The number of ether oxygens (including phenoxy) is 1. The number of benzene rings is 2. The van der Waals surface area contributed by atoms with Gasteiger partial charge in [-0.25, -0.2) is 9.78 Å². The van der Waals surface area contributed by atoms with E-state index in [2.05, 4.69) is 24.0 Å². The average molecular weight is 392 g/mol. The fourth-order valence-corrected chi connectivity index (χ4v) is 3.49. The number of hydrogen-bond acceptors (Lipinski definition) is 4. The van der Waals surface area contributed by atoms with Crippen molar-refractivity contribution in [3.63, 3.8) is 0 Å². The maximum atomic E-state index is 12.0. The Morgan fingerprint density at radius 3 is 2.55 bits per heavy atom. The van der Waals surface area contributed by atoms with Gasteiger partial charge in [0.1, 0.15) is 5.82 Å². The molecule has 0 aliphatic heterocycles. The van der Waals surface area contributed by atoms with Crippen molar-refractivity contribution >= 4 is 5.97 Å². The number of esters is 1. The molecule has 0 aliphatic rings. The first kappa shape index (κ1) is 20.8. The van der Waals surface area contributed by atoms with E-state index in [0.717, 1.165) is 60.4 Å². The van der Waals surface area contributed by atoms with Crippen LogP contribution < -0.4 is 5.73 Å². The Labute approximate surface area is 172 Å². The SMILES string of the molecule is CCCCc1nc(CCN)c(Cc2ccc(-c3ccccc3C(=O)OC)cc2)[nH]1. The first-order valence-corrected chi connectivity index (χ1v) is 10.2. The van der Waals surface area contributed by atoms with Crippen LogP contribution in [0.2, 0.25) is 0 Å². The predicted molar refractivity (Wildman–Crippen MR) is 116 cm³/mol. The number of nitrogens with two attached hydrogens (primary N) is 1. The van der Waals surface area contributed by atoms with Crippen LogP contribution in [0.5, 0.6) is 0 Å². The van der Waals surface area contributed by atoms with Gasteiger partial charge in [0.05, 0.1) is 18.4 Å². The number of H-pyrrole nitrogens is 1. The molecule has 5 nitrogen and oxygen atoms in total. The van der Waals surface area contributed by atoms with Crippen LogP contribution in [0.15, 0.2) is 48.5 Å². The number of carbonyl (C=O) groups is 1. The molecule has 152 valence electrons. The van der Waals surface area contributed by atoms with Crippen LogP contribution in [-0.2, 0) is 24.0 Å². The molecule has 0 radical (unpaired) electrons. The predicted octanol–water partition coefficient (Wildman–Crippen LogP) is 4.30. The molecule has 0 amide bonds. The second kappa shape index (κ2) is 10.0. The van der Waals surface area contributed by atoms with Gasteiger partial charge in [-0.2, -0.15) is 0 Å². The monoisotopic (exact) mass is 391 g/mol. The van der Waals surface area contributed by atoms with Gasteiger partial charge in [-0.3, -0.25) is 0 Å². The van der Waals surface area contributed by atoms with Crippen molar-refractivity contribution < 1.29 is 9.53 Å². The molecule has 1 aromatic heterocycles. The Bertz CT molecular complexity index is 945. The summed E-state index contributed by atoms with van der Waals surface area (Å²) in [5, 5.41) is 0. The lowest BCUT2D eigenvalue weighted by molar-refractivity contribution is 0.0601. The van der Waals surface area contributed by atoms with E-state index in [1.165, 1.54) is 12.7 Å². The Balaban J connectivity index is 1.81. The van der Waals surface area contributed by atoms with Crippen LogP contribution in [0.4, 0.5) is 0 Å². The lowest BCUT2D eigenvalue weighted by Gasteiger charge is -2.09. The van der Waals surface area contributed by atoms with Crippen LogP contribution in [0.3, 0.4) is 0 Å². The van der Waals surface area contributed by atoms with Crippen molar-refractivity contribution in [2.24, 2.45) is 5.73 Å². The summed E-state index contributed by atoms with van der Waals surface area (Å²) in [5.41, 5.74) is 11.6. The van der Waals surface area contributed by atoms with Crippen LogP contribution in [-0.4, -0.2) is 29.6 Å². The molecule has 1 heterocycles. The molecule has 3 rings (SSSR count). The Hall–Kier alpha value is -2.92. The molecule has 2 aromatic carbocycles. The molecule has 0 saturated carbocycles. The lowest BCUT2D eigenvalue weighted by atomic mass is 9.97. The smallest absolute Gasteiger partial charge is 0.338 e. The first-order chi connectivity index (χ1) is 14.2. The number of aromatic nitrogens is 2. The molecule has 0 bridgehead atoms. The number of aromatic amines is 1. The normalized spacial score (nSPS) is 10.9. The van der Waals surface area contributed by atoms with E-state index in [1.807, 2.05) is 30.3 Å². The number of hydrogen-bond donors (Lipinski definition) is 2. The van der Waals surface area contributed by atoms with Crippen molar-refractivity contribution in [3.05, 3.63) is 76.9 Å². The third kappa shape index (κ3) is 5.12. The number of imidazole rings is 1. The highest BCUT2D eigenvalue weighted by molar-refractivity contribution is 5.97. The van der Waals surface area contributed by atoms with E-state index < -0.39 is 0 Å². The summed E-state index contributed by atoms with van der Waals surface area (Å²) in [4.78, 5) is 20.3. The van der Waals surface area contributed by atoms with Gasteiger partial charge in [0.2, 0.25) is 0 Å². The largest absolute Gasteiger partial charge is 0.465 e. The fraction of sp³-hybridized carbons (Fsp3) is 0.333. The summed E-state index contributed by atoms with van der Waals surface area (Å²) in [5.74, 6) is 0.724. The minimum atomic E-state index is -0.326. The summed E-state index contributed by atoms with van der Waals surface area (Å²) in [6, 6.07) is 15.8. The van der Waals surface area contributed by atoms with Gasteiger partial charge >= 0.3 is 5.97 Å². The molecule has 0 unspecified atom stereocenters. The molecule has 0 atom stereocenters. The zero-order valence-electron chi connectivity index (χ0n) is 17.2. The number of methoxy groups -OCH3 is 1. The van der Waals surface area contributed by atoms with Crippen LogP contribution in [0.25, 0.3) is 11.1 Å². The molecule has 0 saturated heterocycles. The van der Waals surface area contributed by atoms with Gasteiger partial charge in [0.15, 0.2) is 0 Å². The maximum Gasteiger partial charge on any atom is 0.338 e. The zero-order valence-corrected chi connectivity index (χ0v) is 17.2. The van der Waals surface area contributed by atoms with Gasteiger partial charge in [0, 0.05) is 25.0 Å². The van der Waals surface area contributed by atoms with Crippen molar-refractivity contribution in [1.29, 1.82) is 0 Å². The van der Waals surface area contributed by atoms with Crippen molar-refractivity contribution in [3.8, 4) is 11.1 Å². The summed E-state index contributed by atoms with van der Waals surface area (Å²) in [7, 11) is 1.40. The Morgan fingerprint density at radius 1 is 1.10 bits per heavy atom. The Kier molecular flexibility index (Phi) is 7.19. The number of unbranched alkanes of at least 4 members (excludes halogenated alkanes) is 1. The van der Waals surface area contributed by atoms with E-state index in [-0.39, 0.29) is 5.97 Å². The molecular weight excluding hydrogens is 362 g/mol. The Morgan fingerprint density at radius 2 is 1.86 bits per heavy atom. The second-order valence-corrected chi connectivity index (χ2v) is 7.16. The van der Waals surface area contributed by atoms with Crippen molar-refractivity contribution in [2.45, 2.75) is 39.0 Å². The van der Waals surface area contributed by atoms with Gasteiger partial charge in [0.25, 0.3) is 0 Å². The fourth-order valence-electron chi connectivity index (χ4n) is 3.49. The molecule has 3 aromatic rings. The third-order valence-electron chi connectivity index (χ3n) is 5.04. The van der Waals surface area contributed by atoms with E-state index in [0.29, 0.717) is 12.1 Å². The van der Waals surface area contributed by atoms with Crippen LogP contribution >= 0.6 is 0 Å². The average Bonchev–Trinajstić information content (AvgIpc) is 3.13. The maximum absolute atomic E-state index is 12.0. The van der Waals surface area contributed by atoms with Crippen LogP contribution in [0.1, 0.15) is 52.9 Å². The number of aryl methyl sites for hydroxylation is 1. The molecule has 3 N–H and O–H groups in total. The van der Waals surface area contributed by atoms with Crippen LogP contribution in [0, 0.1) is 0 Å². The number of rotatable bonds is 9. The lowest BCUT2D eigenvalue weighted by Crippen LogP contribution is -2.05. The third-order valence-corrected chi connectivity index (χ3v) is 5.04. The minimum Gasteiger partial charge on any atom is -0.465 e. The zero-order chi connectivity index (χ0) is 20.6. The molecular formula is C24H29N3O2. The number of carbonyl (C=O) groups excluding carboxylic acids is 1. The van der Waals surface area contributed by atoms with Gasteiger partial charge < -0.3 is 15.5 Å². The van der Waals surface area contributed by atoms with Crippen molar-refractivity contribution in [1.82, 2.24) is 9.97 Å². The molecule has 29 heavy (non-hydrogen) atoms. The van der Waals surface area contributed by atoms with Gasteiger partial charge in [-0.1, -0.05) is 55.8 Å².